The lowest BCUT2D eigenvalue weighted by atomic mass is 10.5. The lowest BCUT2D eigenvalue weighted by Gasteiger charge is -2.05. The van der Waals surface area contributed by atoms with E-state index in [9.17, 15) is 8.42 Å². The van der Waals surface area contributed by atoms with Crippen LogP contribution in [-0.4, -0.2) is 41.1 Å². The van der Waals surface area contributed by atoms with E-state index in [-0.39, 0.29) is 5.75 Å². The van der Waals surface area contributed by atoms with Crippen molar-refractivity contribution in [2.45, 2.75) is 24.8 Å². The molecule has 0 fully saturated rings. The first-order valence-electron chi connectivity index (χ1n) is 6.51. The molecule has 0 aromatic carbocycles. The van der Waals surface area contributed by atoms with E-state index < -0.39 is 10.0 Å². The van der Waals surface area contributed by atoms with Gasteiger partial charge in [0.15, 0.2) is 5.65 Å². The largest absolute Gasteiger partial charge is 0.236 e. The third kappa shape index (κ3) is 4.46. The lowest BCUT2D eigenvalue weighted by Crippen LogP contribution is -2.27. The summed E-state index contributed by atoms with van der Waals surface area (Å²) in [6.45, 7) is 2.45. The maximum absolute atomic E-state index is 11.6. The molecule has 0 spiro atoms. The van der Waals surface area contributed by atoms with Crippen LogP contribution in [0, 0.1) is 0 Å². The third-order valence-electron chi connectivity index (χ3n) is 2.61. The third-order valence-corrected chi connectivity index (χ3v) is 5.09. The second-order valence-electron chi connectivity index (χ2n) is 4.32. The van der Waals surface area contributed by atoms with Gasteiger partial charge < -0.3 is 0 Å². The summed E-state index contributed by atoms with van der Waals surface area (Å²) in [5, 5.41) is 5.24. The summed E-state index contributed by atoms with van der Waals surface area (Å²) < 4.78 is 27.5. The number of sulfonamides is 1. The maximum Gasteiger partial charge on any atom is 0.211 e. The minimum Gasteiger partial charge on any atom is -0.236 e. The molecule has 2 aromatic heterocycles. The molecular formula is C12H18N4O2S2. The van der Waals surface area contributed by atoms with E-state index in [0.29, 0.717) is 13.0 Å². The van der Waals surface area contributed by atoms with Crippen molar-refractivity contribution in [1.29, 1.82) is 0 Å². The Bertz CT molecular complexity index is 654. The van der Waals surface area contributed by atoms with Crippen LogP contribution in [0.3, 0.4) is 0 Å². The number of imidazole rings is 1. The summed E-state index contributed by atoms with van der Waals surface area (Å²) in [5.74, 6) is 0.882. The standard InChI is InChI=1S/C12H18N4O2S2/c1-2-6-14-20(17,18)10-3-9-19-12-5-4-11-13-7-8-16(11)15-12/h4-5,7-8,14H,2-3,6,9-10H2,1H3. The van der Waals surface area contributed by atoms with Gasteiger partial charge in [-0.15, -0.1) is 11.8 Å². The summed E-state index contributed by atoms with van der Waals surface area (Å²) in [7, 11) is -3.12. The first-order chi connectivity index (χ1) is 9.61. The Hall–Kier alpha value is -1.12. The highest BCUT2D eigenvalue weighted by molar-refractivity contribution is 7.99. The highest BCUT2D eigenvalue weighted by Crippen LogP contribution is 2.16. The zero-order valence-corrected chi connectivity index (χ0v) is 13.0. The van der Waals surface area contributed by atoms with Crippen molar-refractivity contribution < 1.29 is 8.42 Å². The highest BCUT2D eigenvalue weighted by Gasteiger charge is 2.08. The molecule has 2 heterocycles. The molecule has 0 amide bonds. The molecule has 0 saturated heterocycles. The monoisotopic (exact) mass is 314 g/mol. The molecule has 2 aromatic rings. The van der Waals surface area contributed by atoms with E-state index in [1.807, 2.05) is 19.1 Å². The fourth-order valence-electron chi connectivity index (χ4n) is 1.63. The lowest BCUT2D eigenvalue weighted by molar-refractivity contribution is 0.579. The van der Waals surface area contributed by atoms with Gasteiger partial charge in [0.25, 0.3) is 0 Å². The molecule has 0 bridgehead atoms. The van der Waals surface area contributed by atoms with Gasteiger partial charge in [-0.1, -0.05) is 6.92 Å². The van der Waals surface area contributed by atoms with Crippen LogP contribution < -0.4 is 4.72 Å². The van der Waals surface area contributed by atoms with E-state index >= 15 is 0 Å². The van der Waals surface area contributed by atoms with E-state index in [4.69, 9.17) is 0 Å². The Kier molecular flexibility index (Phi) is 5.38. The number of hydrogen-bond donors (Lipinski definition) is 1. The van der Waals surface area contributed by atoms with E-state index in [0.717, 1.165) is 22.8 Å². The minimum absolute atomic E-state index is 0.160. The Morgan fingerprint density at radius 2 is 2.25 bits per heavy atom. The van der Waals surface area contributed by atoms with Crippen LogP contribution in [-0.2, 0) is 10.0 Å². The zero-order chi connectivity index (χ0) is 14.4. The number of nitrogens with zero attached hydrogens (tertiary/aromatic N) is 3. The molecule has 20 heavy (non-hydrogen) atoms. The van der Waals surface area contributed by atoms with Gasteiger partial charge in [-0.3, -0.25) is 0 Å². The average Bonchev–Trinajstić information content (AvgIpc) is 2.89. The SMILES string of the molecule is CCCNS(=O)(=O)CCCSc1ccc2nccn2n1. The number of hydrogen-bond acceptors (Lipinski definition) is 5. The van der Waals surface area contributed by atoms with Gasteiger partial charge in [0.2, 0.25) is 10.0 Å². The number of thioether (sulfide) groups is 1. The van der Waals surface area contributed by atoms with Gasteiger partial charge in [-0.25, -0.2) is 22.6 Å². The summed E-state index contributed by atoms with van der Waals surface area (Å²) in [6.07, 6.45) is 4.90. The molecule has 0 saturated carbocycles. The molecule has 110 valence electrons. The van der Waals surface area contributed by atoms with Crippen LogP contribution in [0.1, 0.15) is 19.8 Å². The normalized spacial score (nSPS) is 12.1. The molecule has 0 unspecified atom stereocenters. The Morgan fingerprint density at radius 1 is 1.40 bits per heavy atom. The molecule has 6 nitrogen and oxygen atoms in total. The van der Waals surface area contributed by atoms with Gasteiger partial charge in [-0.2, -0.15) is 5.10 Å². The van der Waals surface area contributed by atoms with Crippen LogP contribution in [0.4, 0.5) is 0 Å². The van der Waals surface area contributed by atoms with Gasteiger partial charge in [0.05, 0.1) is 5.75 Å². The second kappa shape index (κ2) is 7.05. The Morgan fingerprint density at radius 3 is 3.05 bits per heavy atom. The maximum atomic E-state index is 11.6. The van der Waals surface area contributed by atoms with E-state index in [1.54, 1.807) is 28.7 Å². The van der Waals surface area contributed by atoms with Crippen molar-refractivity contribution in [3.8, 4) is 0 Å². The van der Waals surface area contributed by atoms with Crippen molar-refractivity contribution >= 4 is 27.4 Å². The molecule has 0 aliphatic carbocycles. The molecule has 0 radical (unpaired) electrons. The second-order valence-corrected chi connectivity index (χ2v) is 7.36. The number of aromatic nitrogens is 3. The van der Waals surface area contributed by atoms with Crippen molar-refractivity contribution in [3.63, 3.8) is 0 Å². The Labute approximate surface area is 123 Å². The molecule has 2 rings (SSSR count). The summed E-state index contributed by atoms with van der Waals surface area (Å²) >= 11 is 1.55. The fraction of sp³-hybridized carbons (Fsp3) is 0.500. The molecule has 0 aliphatic heterocycles. The Balaban J connectivity index is 1.78. The quantitative estimate of drug-likeness (QED) is 0.591. The molecular weight excluding hydrogens is 296 g/mol. The number of fused-ring (bicyclic) bond motifs is 1. The summed E-state index contributed by atoms with van der Waals surface area (Å²) in [6, 6.07) is 3.80. The van der Waals surface area contributed by atoms with Crippen molar-refractivity contribution in [2.75, 3.05) is 18.1 Å². The van der Waals surface area contributed by atoms with Crippen LogP contribution in [0.25, 0.3) is 5.65 Å². The van der Waals surface area contributed by atoms with E-state index in [1.165, 1.54) is 0 Å². The minimum atomic E-state index is -3.12. The summed E-state index contributed by atoms with van der Waals surface area (Å²) in [4.78, 5) is 4.12. The molecule has 0 atom stereocenters. The zero-order valence-electron chi connectivity index (χ0n) is 11.3. The molecule has 1 N–H and O–H groups in total. The topological polar surface area (TPSA) is 76.4 Å². The van der Waals surface area contributed by atoms with Crippen LogP contribution in [0.15, 0.2) is 29.6 Å². The predicted octanol–water partition coefficient (Wildman–Crippen LogP) is 1.54. The van der Waals surface area contributed by atoms with Crippen LogP contribution in [0.2, 0.25) is 0 Å². The summed E-state index contributed by atoms with van der Waals surface area (Å²) in [5.41, 5.74) is 0.806. The fourth-order valence-corrected chi connectivity index (χ4v) is 3.80. The van der Waals surface area contributed by atoms with Crippen LogP contribution in [0.5, 0.6) is 0 Å². The number of nitrogens with one attached hydrogen (secondary N) is 1. The number of rotatable bonds is 8. The van der Waals surface area contributed by atoms with Gasteiger partial charge in [0.1, 0.15) is 5.03 Å². The van der Waals surface area contributed by atoms with E-state index in [2.05, 4.69) is 14.8 Å². The van der Waals surface area contributed by atoms with Gasteiger partial charge in [-0.05, 0) is 25.0 Å². The first kappa shape index (κ1) is 15.3. The smallest absolute Gasteiger partial charge is 0.211 e. The van der Waals surface area contributed by atoms with Crippen LogP contribution >= 0.6 is 11.8 Å². The highest BCUT2D eigenvalue weighted by atomic mass is 32.2. The van der Waals surface area contributed by atoms with Crippen molar-refractivity contribution in [2.24, 2.45) is 0 Å². The van der Waals surface area contributed by atoms with Crippen molar-refractivity contribution in [1.82, 2.24) is 19.3 Å². The first-order valence-corrected chi connectivity index (χ1v) is 9.15. The molecule has 8 heteroatoms. The average molecular weight is 314 g/mol. The predicted molar refractivity (Wildman–Crippen MR) is 80.4 cm³/mol. The van der Waals surface area contributed by atoms with Gasteiger partial charge >= 0.3 is 0 Å². The molecule has 0 aliphatic rings. The van der Waals surface area contributed by atoms with Gasteiger partial charge in [0, 0.05) is 24.7 Å². The van der Waals surface area contributed by atoms with Crippen molar-refractivity contribution in [3.05, 3.63) is 24.5 Å².